The molecule has 6 heteroatoms. The number of carboxylic acid groups (broad SMARTS) is 1. The Labute approximate surface area is 126 Å². The van der Waals surface area contributed by atoms with Crippen LogP contribution < -0.4 is 68.9 Å². The van der Waals surface area contributed by atoms with Gasteiger partial charge in [-0.25, -0.2) is 11.9 Å². The number of carbonyl (C=O) groups excluding carboxylic acids is 1. The Bertz CT molecular complexity index is 218. The van der Waals surface area contributed by atoms with Crippen molar-refractivity contribution in [2.24, 2.45) is 0 Å². The van der Waals surface area contributed by atoms with Crippen molar-refractivity contribution in [1.82, 2.24) is 0 Å². The summed E-state index contributed by atoms with van der Waals surface area (Å²) >= 11 is 3.39. The molecule has 0 aliphatic heterocycles. The molecule has 3 nitrogen and oxygen atoms in total. The number of carboxylic acids is 1. The summed E-state index contributed by atoms with van der Waals surface area (Å²) in [6.45, 7) is 0. The van der Waals surface area contributed by atoms with Crippen LogP contribution in [0.4, 0.5) is 0 Å². The molecule has 0 unspecified atom stereocenters. The van der Waals surface area contributed by atoms with Crippen LogP contribution in [0.15, 0.2) is 30.3 Å². The Balaban J connectivity index is -0.000000234. The molecule has 1 rings (SSSR count). The molecule has 0 heterocycles. The van der Waals surface area contributed by atoms with E-state index in [0.29, 0.717) is 0 Å². The van der Waals surface area contributed by atoms with Gasteiger partial charge in [0.05, 0.1) is 5.97 Å². The van der Waals surface area contributed by atoms with Gasteiger partial charge in [-0.05, 0) is 5.56 Å². The molecule has 0 saturated carbocycles. The van der Waals surface area contributed by atoms with Crippen molar-refractivity contribution in [2.75, 3.05) is 0 Å². The van der Waals surface area contributed by atoms with Crippen molar-refractivity contribution in [3.8, 4) is 0 Å². The van der Waals surface area contributed by atoms with E-state index >= 15 is 0 Å². The Morgan fingerprint density at radius 3 is 1.69 bits per heavy atom. The fourth-order valence-electron chi connectivity index (χ4n) is 0.574. The van der Waals surface area contributed by atoms with Gasteiger partial charge in [-0.3, -0.25) is 0 Å². The first-order chi connectivity index (χ1) is 5.30. The van der Waals surface area contributed by atoms with Crippen LogP contribution in [-0.2, 0) is 0 Å². The minimum absolute atomic E-state index is 0. The number of aromatic carboxylic acids is 1. The van der Waals surface area contributed by atoms with Gasteiger partial charge in [0.25, 0.3) is 0 Å². The molecule has 0 radical (unpaired) electrons. The van der Waals surface area contributed by atoms with Gasteiger partial charge in [-0.15, -0.1) is 0 Å². The maximum absolute atomic E-state index is 10.1. The van der Waals surface area contributed by atoms with Crippen LogP contribution in [0.2, 0.25) is 0 Å². The first-order valence-electron chi connectivity index (χ1n) is 2.72. The van der Waals surface area contributed by atoms with Crippen molar-refractivity contribution in [1.29, 1.82) is 0 Å². The van der Waals surface area contributed by atoms with E-state index in [9.17, 15) is 9.90 Å². The summed E-state index contributed by atoms with van der Waals surface area (Å²) in [5.74, 6) is -1.13. The molecule has 0 aliphatic rings. The Morgan fingerprint density at radius 1 is 1.08 bits per heavy atom. The molecule has 0 N–H and O–H groups in total. The van der Waals surface area contributed by atoms with Gasteiger partial charge in [-0.2, -0.15) is 0 Å². The van der Waals surface area contributed by atoms with Gasteiger partial charge < -0.3 is 14.6 Å². The SMILES string of the molecule is O=C([O-])c1ccccc1.[Na+].[Na+].[O-]Cl. The number of rotatable bonds is 1. The van der Waals surface area contributed by atoms with E-state index in [2.05, 4.69) is 11.9 Å². The van der Waals surface area contributed by atoms with E-state index in [0.717, 1.165) is 0 Å². The summed E-state index contributed by atoms with van der Waals surface area (Å²) in [6, 6.07) is 8.06. The number of benzene rings is 1. The molecule has 0 fully saturated rings. The standard InChI is InChI=1S/C7H6O2.ClO.2Na/c8-7(9)6-4-2-1-3-5-6;1-2;;/h1-5H,(H,8,9);;;/q;-1;2*+1/p-1. The second-order valence-electron chi connectivity index (χ2n) is 1.65. The predicted octanol–water partition coefficient (Wildman–Crippen LogP) is -6.44. The summed E-state index contributed by atoms with van der Waals surface area (Å²) in [4.78, 5) is 10.1. The Kier molecular flexibility index (Phi) is 19.4. The molecule has 0 amide bonds. The summed E-state index contributed by atoms with van der Waals surface area (Å²) in [7, 11) is 0. The molecule has 13 heavy (non-hydrogen) atoms. The van der Waals surface area contributed by atoms with Crippen molar-refractivity contribution in [2.45, 2.75) is 0 Å². The molecule has 0 aromatic heterocycles. The summed E-state index contributed by atoms with van der Waals surface area (Å²) in [5.41, 5.74) is 0.220. The quantitative estimate of drug-likeness (QED) is 0.441. The van der Waals surface area contributed by atoms with Crippen LogP contribution in [0.1, 0.15) is 10.4 Å². The second kappa shape index (κ2) is 12.9. The zero-order valence-electron chi connectivity index (χ0n) is 7.49. The third-order valence-corrected chi connectivity index (χ3v) is 1.01. The van der Waals surface area contributed by atoms with Crippen LogP contribution in [0.3, 0.4) is 0 Å². The van der Waals surface area contributed by atoms with E-state index in [1.165, 1.54) is 12.1 Å². The van der Waals surface area contributed by atoms with E-state index in [1.807, 2.05) is 0 Å². The average Bonchev–Trinajstić information content (AvgIpc) is 2.10. The molecule has 0 saturated heterocycles. The van der Waals surface area contributed by atoms with Gasteiger partial charge in [0, 0.05) is 0 Å². The topological polar surface area (TPSA) is 63.2 Å². The fraction of sp³-hybridized carbons (Fsp3) is 0. The molecule has 60 valence electrons. The van der Waals surface area contributed by atoms with Crippen molar-refractivity contribution < 1.29 is 73.7 Å². The van der Waals surface area contributed by atoms with E-state index in [4.69, 9.17) is 4.66 Å². The van der Waals surface area contributed by atoms with E-state index < -0.39 is 5.97 Å². The van der Waals surface area contributed by atoms with Gasteiger partial charge in [0.15, 0.2) is 0 Å². The van der Waals surface area contributed by atoms with Crippen LogP contribution in [-0.4, -0.2) is 5.97 Å². The van der Waals surface area contributed by atoms with Crippen molar-refractivity contribution in [3.63, 3.8) is 0 Å². The predicted molar refractivity (Wildman–Crippen MR) is 36.6 cm³/mol. The largest absolute Gasteiger partial charge is 1.00 e. The second-order valence-corrected chi connectivity index (χ2v) is 1.65. The molecule has 0 atom stereocenters. The maximum atomic E-state index is 10.1. The first kappa shape index (κ1) is 19.5. The summed E-state index contributed by atoms with van der Waals surface area (Å²) in [6.07, 6.45) is 0. The Hall–Kier alpha value is 0.940. The van der Waals surface area contributed by atoms with E-state index in [-0.39, 0.29) is 64.7 Å². The zero-order valence-corrected chi connectivity index (χ0v) is 12.2. The van der Waals surface area contributed by atoms with Crippen LogP contribution in [0.25, 0.3) is 0 Å². The average molecular weight is 219 g/mol. The molecule has 1 aromatic rings. The van der Waals surface area contributed by atoms with Crippen LogP contribution in [0, 0.1) is 0 Å². The van der Waals surface area contributed by atoms with Crippen molar-refractivity contribution >= 4 is 17.8 Å². The number of carbonyl (C=O) groups is 1. The van der Waals surface area contributed by atoms with Gasteiger partial charge in [-0.1, -0.05) is 30.3 Å². The van der Waals surface area contributed by atoms with E-state index in [1.54, 1.807) is 18.2 Å². The molecular weight excluding hydrogens is 214 g/mol. The molecule has 0 spiro atoms. The third kappa shape index (κ3) is 9.25. The molecule has 0 bridgehead atoms. The summed E-state index contributed by atoms with van der Waals surface area (Å²) in [5, 5.41) is 10.1. The molecule has 1 aromatic carbocycles. The Morgan fingerprint density at radius 2 is 1.46 bits per heavy atom. The minimum atomic E-state index is -1.13. The maximum Gasteiger partial charge on any atom is 1.00 e. The third-order valence-electron chi connectivity index (χ3n) is 1.01. The van der Waals surface area contributed by atoms with Gasteiger partial charge in [0.1, 0.15) is 0 Å². The van der Waals surface area contributed by atoms with Gasteiger partial charge in [0.2, 0.25) is 0 Å². The summed E-state index contributed by atoms with van der Waals surface area (Å²) < 4.78 is 7.72. The van der Waals surface area contributed by atoms with Crippen molar-refractivity contribution in [3.05, 3.63) is 35.9 Å². The first-order valence-corrected chi connectivity index (χ1v) is 3.03. The smallest absolute Gasteiger partial charge is 0.769 e. The fourth-order valence-corrected chi connectivity index (χ4v) is 0.574. The number of halogens is 1. The zero-order chi connectivity index (χ0) is 8.69. The van der Waals surface area contributed by atoms with Crippen LogP contribution >= 0.6 is 11.9 Å². The number of hydrogen-bond acceptors (Lipinski definition) is 3. The van der Waals surface area contributed by atoms with Crippen LogP contribution in [0.5, 0.6) is 0 Å². The van der Waals surface area contributed by atoms with Gasteiger partial charge >= 0.3 is 59.1 Å². The normalized spacial score (nSPS) is 6.62. The monoisotopic (exact) mass is 218 g/mol. The minimum Gasteiger partial charge on any atom is -0.769 e. The molecule has 0 aliphatic carbocycles. The number of hydrogen-bond donors (Lipinski definition) is 0. The molecular formula is C7H5ClNa2O3.